The lowest BCUT2D eigenvalue weighted by Gasteiger charge is -2.12. The number of hydrogen-bond acceptors (Lipinski definition) is 2. The first-order valence-electron chi connectivity index (χ1n) is 8.30. The Morgan fingerprint density at radius 2 is 1.62 bits per heavy atom. The highest BCUT2D eigenvalue weighted by atomic mass is 16.1. The van der Waals surface area contributed by atoms with Crippen molar-refractivity contribution in [2.75, 3.05) is 0 Å². The van der Waals surface area contributed by atoms with Gasteiger partial charge < -0.3 is 4.79 Å². The highest BCUT2D eigenvalue weighted by Gasteiger charge is 2.12. The number of aryl methyl sites for hydroxylation is 3. The van der Waals surface area contributed by atoms with Crippen LogP contribution in [0.15, 0.2) is 54.6 Å². The molecule has 2 nitrogen and oxygen atoms in total. The van der Waals surface area contributed by atoms with Gasteiger partial charge in [-0.1, -0.05) is 54.1 Å². The molecule has 0 fully saturated rings. The molecule has 0 saturated carbocycles. The van der Waals surface area contributed by atoms with Crippen LogP contribution in [-0.4, -0.2) is 12.1 Å². The Bertz CT molecular complexity index is 719. The summed E-state index contributed by atoms with van der Waals surface area (Å²) in [6, 6.07) is 14.0. The summed E-state index contributed by atoms with van der Waals surface area (Å²) in [6.45, 7) is 5.98. The highest BCUT2D eigenvalue weighted by molar-refractivity contribution is 6.06. The van der Waals surface area contributed by atoms with Crippen LogP contribution in [0, 0.1) is 20.8 Å². The van der Waals surface area contributed by atoms with E-state index in [4.69, 9.17) is 0 Å². The van der Waals surface area contributed by atoms with Gasteiger partial charge in [0, 0.05) is 12.0 Å². The lowest BCUT2D eigenvalue weighted by Crippen LogP contribution is -2.03. The van der Waals surface area contributed by atoms with Crippen LogP contribution in [0.4, 0.5) is 0 Å². The van der Waals surface area contributed by atoms with E-state index in [1.165, 1.54) is 5.56 Å². The SMILES string of the molecule is Cc1cc(C)c(C(=O)/C=C/CC(CC=O)c2ccccc2)c(C)c1. The predicted octanol–water partition coefficient (Wildman–Crippen LogP) is 5.11. The summed E-state index contributed by atoms with van der Waals surface area (Å²) in [6.07, 6.45) is 5.62. The first-order valence-corrected chi connectivity index (χ1v) is 8.30. The second-order valence-electron chi connectivity index (χ2n) is 6.29. The van der Waals surface area contributed by atoms with Crippen molar-refractivity contribution in [1.82, 2.24) is 0 Å². The van der Waals surface area contributed by atoms with Gasteiger partial charge in [-0.25, -0.2) is 0 Å². The van der Waals surface area contributed by atoms with Gasteiger partial charge in [-0.05, 0) is 55.9 Å². The van der Waals surface area contributed by atoms with Crippen molar-refractivity contribution >= 4 is 12.1 Å². The molecule has 24 heavy (non-hydrogen) atoms. The van der Waals surface area contributed by atoms with Crippen molar-refractivity contribution in [2.45, 2.75) is 39.5 Å². The van der Waals surface area contributed by atoms with E-state index in [-0.39, 0.29) is 11.7 Å². The first-order chi connectivity index (χ1) is 11.5. The van der Waals surface area contributed by atoms with Gasteiger partial charge in [-0.2, -0.15) is 0 Å². The number of hydrogen-bond donors (Lipinski definition) is 0. The second-order valence-corrected chi connectivity index (χ2v) is 6.29. The van der Waals surface area contributed by atoms with E-state index in [0.717, 1.165) is 28.5 Å². The summed E-state index contributed by atoms with van der Waals surface area (Å²) < 4.78 is 0. The lowest BCUT2D eigenvalue weighted by molar-refractivity contribution is -0.108. The first kappa shape index (κ1) is 17.9. The number of carbonyl (C=O) groups excluding carboxylic acids is 2. The third kappa shape index (κ3) is 4.51. The molecule has 124 valence electrons. The maximum atomic E-state index is 12.5. The van der Waals surface area contributed by atoms with Crippen molar-refractivity contribution in [1.29, 1.82) is 0 Å². The molecular formula is C22H24O2. The van der Waals surface area contributed by atoms with Gasteiger partial charge >= 0.3 is 0 Å². The molecular weight excluding hydrogens is 296 g/mol. The molecule has 0 aliphatic heterocycles. The van der Waals surface area contributed by atoms with Gasteiger partial charge in [0.25, 0.3) is 0 Å². The lowest BCUT2D eigenvalue weighted by atomic mass is 9.92. The van der Waals surface area contributed by atoms with Crippen molar-refractivity contribution in [3.05, 3.63) is 82.4 Å². The van der Waals surface area contributed by atoms with Crippen molar-refractivity contribution in [3.63, 3.8) is 0 Å². The summed E-state index contributed by atoms with van der Waals surface area (Å²) in [5, 5.41) is 0. The van der Waals surface area contributed by atoms with Gasteiger partial charge in [0.1, 0.15) is 6.29 Å². The zero-order valence-electron chi connectivity index (χ0n) is 14.6. The molecule has 0 N–H and O–H groups in total. The Morgan fingerprint density at radius 3 is 2.21 bits per heavy atom. The zero-order valence-corrected chi connectivity index (χ0v) is 14.6. The highest BCUT2D eigenvalue weighted by Crippen LogP contribution is 2.23. The molecule has 0 heterocycles. The van der Waals surface area contributed by atoms with Crippen LogP contribution < -0.4 is 0 Å². The number of ketones is 1. The minimum absolute atomic E-state index is 0.0305. The summed E-state index contributed by atoms with van der Waals surface area (Å²) in [7, 11) is 0. The summed E-state index contributed by atoms with van der Waals surface area (Å²) >= 11 is 0. The minimum atomic E-state index is 0.0305. The van der Waals surface area contributed by atoms with E-state index in [0.29, 0.717) is 12.8 Å². The molecule has 0 spiro atoms. The van der Waals surface area contributed by atoms with Gasteiger partial charge in [0.05, 0.1) is 0 Å². The molecule has 2 rings (SSSR count). The minimum Gasteiger partial charge on any atom is -0.303 e. The number of aldehydes is 1. The molecule has 0 saturated heterocycles. The van der Waals surface area contributed by atoms with Crippen molar-refractivity contribution in [2.24, 2.45) is 0 Å². The number of carbonyl (C=O) groups is 2. The molecule has 2 aromatic carbocycles. The van der Waals surface area contributed by atoms with Crippen molar-refractivity contribution in [3.8, 4) is 0 Å². The normalized spacial score (nSPS) is 12.3. The Kier molecular flexibility index (Phi) is 6.25. The molecule has 0 aliphatic carbocycles. The Balaban J connectivity index is 2.12. The third-order valence-corrected chi connectivity index (χ3v) is 4.26. The van der Waals surface area contributed by atoms with E-state index >= 15 is 0 Å². The summed E-state index contributed by atoms with van der Waals surface area (Å²) in [5.41, 5.74) is 5.10. The average molecular weight is 320 g/mol. The number of allylic oxidation sites excluding steroid dienone is 2. The van der Waals surface area contributed by atoms with Gasteiger partial charge in [-0.15, -0.1) is 0 Å². The molecule has 0 amide bonds. The molecule has 2 heteroatoms. The fourth-order valence-corrected chi connectivity index (χ4v) is 3.20. The van der Waals surface area contributed by atoms with Crippen LogP contribution in [0.25, 0.3) is 0 Å². The fraction of sp³-hybridized carbons (Fsp3) is 0.273. The van der Waals surface area contributed by atoms with Gasteiger partial charge in [-0.3, -0.25) is 4.79 Å². The molecule has 0 bridgehead atoms. The largest absolute Gasteiger partial charge is 0.303 e. The van der Waals surface area contributed by atoms with Gasteiger partial charge in [0.15, 0.2) is 5.78 Å². The smallest absolute Gasteiger partial charge is 0.186 e. The van der Waals surface area contributed by atoms with Crippen LogP contribution in [0.1, 0.15) is 51.4 Å². The molecule has 0 radical (unpaired) electrons. The van der Waals surface area contributed by atoms with Crippen molar-refractivity contribution < 1.29 is 9.59 Å². The molecule has 1 unspecified atom stereocenters. The molecule has 0 aromatic heterocycles. The second kappa shape index (κ2) is 8.39. The maximum Gasteiger partial charge on any atom is 0.186 e. The number of rotatable bonds is 7. The summed E-state index contributed by atoms with van der Waals surface area (Å²) in [5.74, 6) is 0.149. The Hall–Kier alpha value is -2.48. The van der Waals surface area contributed by atoms with E-state index in [1.54, 1.807) is 6.08 Å². The predicted molar refractivity (Wildman–Crippen MR) is 98.6 cm³/mol. The van der Waals surface area contributed by atoms with E-state index in [1.807, 2.05) is 69.3 Å². The van der Waals surface area contributed by atoms with E-state index in [2.05, 4.69) is 0 Å². The maximum absolute atomic E-state index is 12.5. The van der Waals surface area contributed by atoms with Crippen LogP contribution in [0.5, 0.6) is 0 Å². The standard InChI is InChI=1S/C22H24O2/c1-16-14-17(2)22(18(3)15-16)21(24)11-7-10-20(12-13-23)19-8-5-4-6-9-19/h4-9,11,13-15,20H,10,12H2,1-3H3/b11-7+. The van der Waals surface area contributed by atoms with E-state index < -0.39 is 0 Å². The topological polar surface area (TPSA) is 34.1 Å². The van der Waals surface area contributed by atoms with Crippen LogP contribution in [0.3, 0.4) is 0 Å². The fourth-order valence-electron chi connectivity index (χ4n) is 3.20. The average Bonchev–Trinajstić information content (AvgIpc) is 2.54. The van der Waals surface area contributed by atoms with E-state index in [9.17, 15) is 9.59 Å². The quantitative estimate of drug-likeness (QED) is 0.403. The number of benzene rings is 2. The van der Waals surface area contributed by atoms with Crippen LogP contribution in [0.2, 0.25) is 0 Å². The molecule has 2 aromatic rings. The van der Waals surface area contributed by atoms with Crippen LogP contribution >= 0.6 is 0 Å². The van der Waals surface area contributed by atoms with Gasteiger partial charge in [0.2, 0.25) is 0 Å². The zero-order chi connectivity index (χ0) is 17.5. The molecule has 0 aliphatic rings. The summed E-state index contributed by atoms with van der Waals surface area (Å²) in [4.78, 5) is 23.5. The molecule has 1 atom stereocenters. The Morgan fingerprint density at radius 1 is 1.00 bits per heavy atom. The van der Waals surface area contributed by atoms with Crippen LogP contribution in [-0.2, 0) is 4.79 Å². The monoisotopic (exact) mass is 320 g/mol. The Labute approximate surface area is 144 Å². The third-order valence-electron chi connectivity index (χ3n) is 4.26.